The highest BCUT2D eigenvalue weighted by atomic mass is 16.5. The Hall–Kier alpha value is -2.70. The summed E-state index contributed by atoms with van der Waals surface area (Å²) in [5, 5.41) is 7.84. The lowest BCUT2D eigenvalue weighted by atomic mass is 10.0. The number of guanidine groups is 1. The molecule has 2 unspecified atom stereocenters. The molecule has 1 fully saturated rings. The van der Waals surface area contributed by atoms with E-state index in [4.69, 9.17) is 9.47 Å². The number of ether oxygens (including phenoxy) is 2. The van der Waals surface area contributed by atoms with Crippen LogP contribution in [-0.4, -0.2) is 53.5 Å². The SMILES string of the molecule is CCOc1cc2c(cc1CNC(=NC)N1CCC(c3cnn(C)c3)C1)OC(C)C2. The van der Waals surface area contributed by atoms with Gasteiger partial charge in [-0.3, -0.25) is 9.67 Å². The standard InChI is InChI=1S/C22H31N5O2/c1-5-28-20-9-17-8-15(2)29-21(17)10-18(20)11-24-22(23-3)27-7-6-16(14-27)19-12-25-26(4)13-19/h9-10,12-13,15-16H,5-8,11,14H2,1-4H3,(H,23,24). The monoisotopic (exact) mass is 397 g/mol. The van der Waals surface area contributed by atoms with E-state index in [0.717, 1.165) is 49.0 Å². The van der Waals surface area contributed by atoms with Gasteiger partial charge in [0.05, 0.1) is 12.8 Å². The van der Waals surface area contributed by atoms with Crippen molar-refractivity contribution in [1.82, 2.24) is 20.0 Å². The molecule has 2 aliphatic rings. The first kappa shape index (κ1) is 19.6. The van der Waals surface area contributed by atoms with Crippen molar-refractivity contribution in [2.75, 3.05) is 26.7 Å². The normalized spacial score (nSPS) is 21.2. The van der Waals surface area contributed by atoms with E-state index >= 15 is 0 Å². The van der Waals surface area contributed by atoms with Crippen LogP contribution < -0.4 is 14.8 Å². The first-order chi connectivity index (χ1) is 14.1. The van der Waals surface area contributed by atoms with E-state index in [1.807, 2.05) is 31.9 Å². The molecule has 2 aliphatic heterocycles. The molecule has 0 amide bonds. The van der Waals surface area contributed by atoms with Crippen LogP contribution in [0.5, 0.6) is 11.5 Å². The third-order valence-electron chi connectivity index (χ3n) is 5.71. The van der Waals surface area contributed by atoms with E-state index in [9.17, 15) is 0 Å². The fraction of sp³-hybridized carbons (Fsp3) is 0.545. The Morgan fingerprint density at radius 3 is 3.00 bits per heavy atom. The summed E-state index contributed by atoms with van der Waals surface area (Å²) < 4.78 is 13.7. The van der Waals surface area contributed by atoms with Crippen LogP contribution in [0.4, 0.5) is 0 Å². The number of aliphatic imine (C=N–C) groups is 1. The number of rotatable bonds is 5. The van der Waals surface area contributed by atoms with Crippen LogP contribution in [0, 0.1) is 0 Å². The van der Waals surface area contributed by atoms with E-state index in [2.05, 4.69) is 45.6 Å². The molecule has 0 spiro atoms. The molecule has 0 radical (unpaired) electrons. The second-order valence-electron chi connectivity index (χ2n) is 7.91. The van der Waals surface area contributed by atoms with Crippen molar-refractivity contribution in [2.45, 2.75) is 45.3 Å². The first-order valence-corrected chi connectivity index (χ1v) is 10.5. The minimum atomic E-state index is 0.226. The van der Waals surface area contributed by atoms with Crippen LogP contribution >= 0.6 is 0 Å². The molecule has 4 rings (SSSR count). The number of aryl methyl sites for hydroxylation is 1. The van der Waals surface area contributed by atoms with E-state index in [0.29, 0.717) is 19.1 Å². The molecule has 7 nitrogen and oxygen atoms in total. The molecule has 1 N–H and O–H groups in total. The van der Waals surface area contributed by atoms with Gasteiger partial charge in [0.1, 0.15) is 17.6 Å². The van der Waals surface area contributed by atoms with Gasteiger partial charge in [0.25, 0.3) is 0 Å². The van der Waals surface area contributed by atoms with Crippen LogP contribution in [0.2, 0.25) is 0 Å². The molecular formula is C22H31N5O2. The molecule has 2 aromatic rings. The number of benzene rings is 1. The number of fused-ring (bicyclic) bond motifs is 1. The van der Waals surface area contributed by atoms with Crippen LogP contribution in [0.3, 0.4) is 0 Å². The topological polar surface area (TPSA) is 63.9 Å². The maximum Gasteiger partial charge on any atom is 0.193 e. The molecule has 1 aromatic carbocycles. The van der Waals surface area contributed by atoms with Crippen molar-refractivity contribution in [3.8, 4) is 11.5 Å². The van der Waals surface area contributed by atoms with Crippen molar-refractivity contribution in [1.29, 1.82) is 0 Å². The average molecular weight is 398 g/mol. The summed E-state index contributed by atoms with van der Waals surface area (Å²) in [6.45, 7) is 7.37. The quantitative estimate of drug-likeness (QED) is 0.621. The predicted molar refractivity (Wildman–Crippen MR) is 114 cm³/mol. The van der Waals surface area contributed by atoms with Gasteiger partial charge in [-0.05, 0) is 38.0 Å². The summed E-state index contributed by atoms with van der Waals surface area (Å²) in [7, 11) is 3.81. The zero-order chi connectivity index (χ0) is 20.4. The molecule has 156 valence electrons. The van der Waals surface area contributed by atoms with Gasteiger partial charge in [-0.15, -0.1) is 0 Å². The van der Waals surface area contributed by atoms with Gasteiger partial charge in [-0.2, -0.15) is 5.10 Å². The fourth-order valence-electron chi connectivity index (χ4n) is 4.29. The molecule has 3 heterocycles. The van der Waals surface area contributed by atoms with Crippen molar-refractivity contribution in [3.63, 3.8) is 0 Å². The summed E-state index contributed by atoms with van der Waals surface area (Å²) in [5.74, 6) is 3.33. The molecule has 0 saturated carbocycles. The zero-order valence-electron chi connectivity index (χ0n) is 17.8. The first-order valence-electron chi connectivity index (χ1n) is 10.5. The maximum atomic E-state index is 5.95. The average Bonchev–Trinajstić information content (AvgIpc) is 3.41. The van der Waals surface area contributed by atoms with Gasteiger partial charge in [-0.25, -0.2) is 0 Å². The summed E-state index contributed by atoms with van der Waals surface area (Å²) in [6.07, 6.45) is 6.37. The number of nitrogens with one attached hydrogen (secondary N) is 1. The van der Waals surface area contributed by atoms with Crippen molar-refractivity contribution in [3.05, 3.63) is 41.2 Å². The summed E-state index contributed by atoms with van der Waals surface area (Å²) in [5.41, 5.74) is 3.63. The van der Waals surface area contributed by atoms with Crippen LogP contribution in [-0.2, 0) is 20.0 Å². The van der Waals surface area contributed by atoms with Gasteiger partial charge in [-0.1, -0.05) is 0 Å². The molecule has 7 heteroatoms. The van der Waals surface area contributed by atoms with E-state index in [1.165, 1.54) is 11.1 Å². The molecule has 1 aromatic heterocycles. The highest BCUT2D eigenvalue weighted by Crippen LogP contribution is 2.35. The number of aromatic nitrogens is 2. The Balaban J connectivity index is 1.43. The molecular weight excluding hydrogens is 366 g/mol. The Kier molecular flexibility index (Phi) is 5.65. The van der Waals surface area contributed by atoms with Crippen LogP contribution in [0.15, 0.2) is 29.5 Å². The van der Waals surface area contributed by atoms with E-state index in [-0.39, 0.29) is 6.10 Å². The lowest BCUT2D eigenvalue weighted by Crippen LogP contribution is -2.39. The molecule has 0 bridgehead atoms. The summed E-state index contributed by atoms with van der Waals surface area (Å²) in [4.78, 5) is 6.84. The number of nitrogens with zero attached hydrogens (tertiary/aromatic N) is 4. The van der Waals surface area contributed by atoms with Crippen LogP contribution in [0.25, 0.3) is 0 Å². The Morgan fingerprint density at radius 1 is 1.41 bits per heavy atom. The Morgan fingerprint density at radius 2 is 2.28 bits per heavy atom. The second-order valence-corrected chi connectivity index (χ2v) is 7.91. The molecule has 2 atom stereocenters. The lowest BCUT2D eigenvalue weighted by molar-refractivity contribution is 0.254. The van der Waals surface area contributed by atoms with Crippen molar-refractivity contribution >= 4 is 5.96 Å². The fourth-order valence-corrected chi connectivity index (χ4v) is 4.29. The molecule has 1 saturated heterocycles. The zero-order valence-corrected chi connectivity index (χ0v) is 17.8. The highest BCUT2D eigenvalue weighted by molar-refractivity contribution is 5.80. The smallest absolute Gasteiger partial charge is 0.193 e. The van der Waals surface area contributed by atoms with E-state index in [1.54, 1.807) is 0 Å². The van der Waals surface area contributed by atoms with Gasteiger partial charge in [0.2, 0.25) is 0 Å². The van der Waals surface area contributed by atoms with Crippen molar-refractivity contribution < 1.29 is 9.47 Å². The number of likely N-dealkylation sites (tertiary alicyclic amines) is 1. The lowest BCUT2D eigenvalue weighted by Gasteiger charge is -2.22. The molecule has 29 heavy (non-hydrogen) atoms. The number of hydrogen-bond acceptors (Lipinski definition) is 4. The Bertz CT molecular complexity index is 891. The minimum Gasteiger partial charge on any atom is -0.494 e. The van der Waals surface area contributed by atoms with E-state index < -0.39 is 0 Å². The van der Waals surface area contributed by atoms with Gasteiger partial charge < -0.3 is 19.7 Å². The van der Waals surface area contributed by atoms with Crippen LogP contribution in [0.1, 0.15) is 42.9 Å². The van der Waals surface area contributed by atoms with Crippen molar-refractivity contribution in [2.24, 2.45) is 12.0 Å². The maximum absolute atomic E-state index is 5.95. The molecule has 0 aliphatic carbocycles. The summed E-state index contributed by atoms with van der Waals surface area (Å²) >= 11 is 0. The number of hydrogen-bond donors (Lipinski definition) is 1. The van der Waals surface area contributed by atoms with Gasteiger partial charge in [0.15, 0.2) is 5.96 Å². The largest absolute Gasteiger partial charge is 0.494 e. The third-order valence-corrected chi connectivity index (χ3v) is 5.71. The highest BCUT2D eigenvalue weighted by Gasteiger charge is 2.27. The van der Waals surface area contributed by atoms with Gasteiger partial charge in [0, 0.05) is 63.4 Å². The third kappa shape index (κ3) is 4.18. The summed E-state index contributed by atoms with van der Waals surface area (Å²) in [6, 6.07) is 4.25. The van der Waals surface area contributed by atoms with Gasteiger partial charge >= 0.3 is 0 Å². The Labute approximate surface area is 172 Å². The minimum absolute atomic E-state index is 0.226. The second kappa shape index (κ2) is 8.35. The predicted octanol–water partition coefficient (Wildman–Crippen LogP) is 2.71.